The summed E-state index contributed by atoms with van der Waals surface area (Å²) in [4.78, 5) is 9.60. The fourth-order valence-corrected chi connectivity index (χ4v) is 2.88. The van der Waals surface area contributed by atoms with E-state index in [2.05, 4.69) is 11.7 Å². The van der Waals surface area contributed by atoms with Crippen molar-refractivity contribution in [1.82, 2.24) is 0 Å². The molecule has 4 heteroatoms. The van der Waals surface area contributed by atoms with E-state index in [-0.39, 0.29) is 5.60 Å². The van der Waals surface area contributed by atoms with Crippen LogP contribution in [0.1, 0.15) is 79.1 Å². The van der Waals surface area contributed by atoms with Gasteiger partial charge in [0.25, 0.3) is 6.47 Å². The lowest BCUT2D eigenvalue weighted by Crippen LogP contribution is -2.17. The molecule has 0 saturated heterocycles. The standard InChI is InChI=1S/C10H20.C5H10O2.C4H5NS/c1-2-3-7-10-8-5-4-6-9-10;1-5(2,3)7-4-6;5-4-2-1-3-6-4/h10H,2-9H2,1H3;4H,1-3H3;1-3H,5H2. The summed E-state index contributed by atoms with van der Waals surface area (Å²) in [5.41, 5.74) is 4.98. The minimum Gasteiger partial charge on any atom is -0.462 e. The van der Waals surface area contributed by atoms with Crippen molar-refractivity contribution < 1.29 is 9.53 Å². The van der Waals surface area contributed by atoms with Crippen molar-refractivity contribution in [1.29, 1.82) is 0 Å². The Balaban J connectivity index is 0.000000329. The van der Waals surface area contributed by atoms with Crippen LogP contribution in [0.15, 0.2) is 17.5 Å². The van der Waals surface area contributed by atoms with E-state index in [1.54, 1.807) is 11.3 Å². The Morgan fingerprint density at radius 1 is 1.30 bits per heavy atom. The number of ether oxygens (including phenoxy) is 1. The van der Waals surface area contributed by atoms with E-state index in [1.165, 1.54) is 51.4 Å². The highest BCUT2D eigenvalue weighted by atomic mass is 32.1. The second kappa shape index (κ2) is 13.4. The van der Waals surface area contributed by atoms with Crippen molar-refractivity contribution in [3.8, 4) is 0 Å². The molecule has 0 bridgehead atoms. The van der Waals surface area contributed by atoms with Crippen LogP contribution in [-0.2, 0) is 9.53 Å². The van der Waals surface area contributed by atoms with Gasteiger partial charge in [-0.3, -0.25) is 4.79 Å². The predicted molar refractivity (Wildman–Crippen MR) is 102 cm³/mol. The summed E-state index contributed by atoms with van der Waals surface area (Å²) in [6.45, 7) is 8.22. The zero-order valence-electron chi connectivity index (χ0n) is 15.3. The Hall–Kier alpha value is -1.03. The van der Waals surface area contributed by atoms with E-state index in [4.69, 9.17) is 5.73 Å². The molecule has 1 saturated carbocycles. The van der Waals surface area contributed by atoms with Crippen molar-refractivity contribution >= 4 is 22.8 Å². The number of anilines is 1. The fourth-order valence-electron chi connectivity index (χ4n) is 2.40. The average Bonchev–Trinajstić information content (AvgIpc) is 2.97. The zero-order chi connectivity index (χ0) is 17.6. The van der Waals surface area contributed by atoms with Gasteiger partial charge in [-0.05, 0) is 44.2 Å². The molecule has 3 nitrogen and oxygen atoms in total. The van der Waals surface area contributed by atoms with Gasteiger partial charge in [-0.1, -0.05) is 58.3 Å². The number of rotatable bonds is 4. The average molecular weight is 342 g/mol. The summed E-state index contributed by atoms with van der Waals surface area (Å²) in [7, 11) is 0. The molecule has 0 atom stereocenters. The molecule has 0 unspecified atom stereocenters. The van der Waals surface area contributed by atoms with Crippen LogP contribution in [0.25, 0.3) is 0 Å². The number of unbranched alkanes of at least 4 members (excludes halogenated alkanes) is 1. The van der Waals surface area contributed by atoms with E-state index in [0.29, 0.717) is 6.47 Å². The Morgan fingerprint density at radius 3 is 2.26 bits per heavy atom. The van der Waals surface area contributed by atoms with Crippen LogP contribution < -0.4 is 5.73 Å². The molecular weight excluding hydrogens is 306 g/mol. The SMILES string of the molecule is CC(C)(C)OC=O.CCCCC1CCCCC1.Nc1cccs1. The first-order valence-corrected chi connectivity index (χ1v) is 9.67. The molecule has 134 valence electrons. The highest BCUT2D eigenvalue weighted by molar-refractivity contribution is 7.13. The molecule has 2 N–H and O–H groups in total. The lowest BCUT2D eigenvalue weighted by atomic mass is 9.86. The summed E-state index contributed by atoms with van der Waals surface area (Å²) in [5.74, 6) is 1.11. The van der Waals surface area contributed by atoms with Crippen LogP contribution in [0.4, 0.5) is 5.00 Å². The van der Waals surface area contributed by atoms with Crippen LogP contribution in [0.5, 0.6) is 0 Å². The topological polar surface area (TPSA) is 52.3 Å². The molecule has 1 aliphatic rings. The molecule has 2 rings (SSSR count). The molecule has 0 aromatic carbocycles. The molecular formula is C19H35NO2S. The Kier molecular flexibility index (Phi) is 12.8. The lowest BCUT2D eigenvalue weighted by molar-refractivity contribution is -0.138. The smallest absolute Gasteiger partial charge is 0.293 e. The Morgan fingerprint density at radius 2 is 1.96 bits per heavy atom. The van der Waals surface area contributed by atoms with Crippen LogP contribution in [0, 0.1) is 5.92 Å². The van der Waals surface area contributed by atoms with Crippen LogP contribution in [-0.4, -0.2) is 12.1 Å². The quantitative estimate of drug-likeness (QED) is 0.679. The maximum Gasteiger partial charge on any atom is 0.293 e. The van der Waals surface area contributed by atoms with E-state index in [0.717, 1.165) is 10.9 Å². The van der Waals surface area contributed by atoms with Gasteiger partial charge in [0.2, 0.25) is 0 Å². The number of thiophene rings is 1. The van der Waals surface area contributed by atoms with Crippen LogP contribution in [0.3, 0.4) is 0 Å². The molecule has 0 aliphatic heterocycles. The second-order valence-electron chi connectivity index (χ2n) is 6.99. The number of carbonyl (C=O) groups excluding carboxylic acids is 1. The molecule has 1 aromatic heterocycles. The monoisotopic (exact) mass is 341 g/mol. The van der Waals surface area contributed by atoms with Gasteiger partial charge in [0, 0.05) is 0 Å². The Bertz CT molecular complexity index is 365. The van der Waals surface area contributed by atoms with E-state index in [9.17, 15) is 4.79 Å². The minimum absolute atomic E-state index is 0.318. The maximum absolute atomic E-state index is 9.60. The summed E-state index contributed by atoms with van der Waals surface area (Å²) < 4.78 is 4.55. The number of hydrogen-bond donors (Lipinski definition) is 1. The molecule has 0 radical (unpaired) electrons. The first-order chi connectivity index (χ1) is 10.9. The minimum atomic E-state index is -0.318. The summed E-state index contributed by atoms with van der Waals surface area (Å²) in [6.07, 6.45) is 11.9. The molecule has 1 heterocycles. The third-order valence-corrected chi connectivity index (χ3v) is 4.34. The predicted octanol–water partition coefficient (Wildman–Crippen LogP) is 6.05. The van der Waals surface area contributed by atoms with Crippen molar-refractivity contribution in [2.45, 2.75) is 84.7 Å². The summed E-state index contributed by atoms with van der Waals surface area (Å²) in [6, 6.07) is 3.81. The molecule has 1 aliphatic carbocycles. The highest BCUT2D eigenvalue weighted by Gasteiger charge is 2.11. The van der Waals surface area contributed by atoms with Crippen molar-refractivity contribution in [3.63, 3.8) is 0 Å². The zero-order valence-corrected chi connectivity index (χ0v) is 16.2. The van der Waals surface area contributed by atoms with Gasteiger partial charge in [-0.2, -0.15) is 0 Å². The summed E-state index contributed by atoms with van der Waals surface area (Å²) in [5, 5.41) is 2.84. The Labute approximate surface area is 146 Å². The van der Waals surface area contributed by atoms with Crippen LogP contribution in [0.2, 0.25) is 0 Å². The second-order valence-corrected chi connectivity index (χ2v) is 7.97. The maximum atomic E-state index is 9.60. The van der Waals surface area contributed by atoms with E-state index >= 15 is 0 Å². The number of nitrogen functional groups attached to an aromatic ring is 1. The molecule has 0 spiro atoms. The normalized spacial score (nSPS) is 14.8. The van der Waals surface area contributed by atoms with Gasteiger partial charge >= 0.3 is 0 Å². The number of hydrogen-bond acceptors (Lipinski definition) is 4. The van der Waals surface area contributed by atoms with Crippen molar-refractivity contribution in [3.05, 3.63) is 17.5 Å². The van der Waals surface area contributed by atoms with Crippen molar-refractivity contribution in [2.75, 3.05) is 5.73 Å². The third-order valence-electron chi connectivity index (χ3n) is 3.64. The van der Waals surface area contributed by atoms with Gasteiger partial charge < -0.3 is 10.5 Å². The van der Waals surface area contributed by atoms with E-state index in [1.807, 2.05) is 38.3 Å². The van der Waals surface area contributed by atoms with E-state index < -0.39 is 0 Å². The molecule has 0 amide bonds. The van der Waals surface area contributed by atoms with Gasteiger partial charge in [0.1, 0.15) is 5.60 Å². The molecule has 1 fully saturated rings. The van der Waals surface area contributed by atoms with Gasteiger partial charge in [0.05, 0.1) is 5.00 Å². The van der Waals surface area contributed by atoms with Crippen molar-refractivity contribution in [2.24, 2.45) is 5.92 Å². The lowest BCUT2D eigenvalue weighted by Gasteiger charge is -2.20. The fraction of sp³-hybridized carbons (Fsp3) is 0.737. The molecule has 1 aromatic rings. The largest absolute Gasteiger partial charge is 0.462 e. The third kappa shape index (κ3) is 15.6. The van der Waals surface area contributed by atoms with Gasteiger partial charge in [-0.15, -0.1) is 11.3 Å². The summed E-state index contributed by atoms with van der Waals surface area (Å²) >= 11 is 1.56. The number of nitrogens with two attached hydrogens (primary N) is 1. The molecule has 23 heavy (non-hydrogen) atoms. The number of carbonyl (C=O) groups is 1. The first kappa shape index (κ1) is 22.0. The first-order valence-electron chi connectivity index (χ1n) is 8.79. The highest BCUT2D eigenvalue weighted by Crippen LogP contribution is 2.27. The van der Waals surface area contributed by atoms with Gasteiger partial charge in [-0.25, -0.2) is 0 Å². The van der Waals surface area contributed by atoms with Crippen LogP contribution >= 0.6 is 11.3 Å². The van der Waals surface area contributed by atoms with Gasteiger partial charge in [0.15, 0.2) is 0 Å².